The van der Waals surface area contributed by atoms with Gasteiger partial charge in [-0.05, 0) is 131 Å². The molecule has 4 heterocycles. The van der Waals surface area contributed by atoms with Crippen molar-refractivity contribution in [3.63, 3.8) is 0 Å². The van der Waals surface area contributed by atoms with Gasteiger partial charge in [0, 0.05) is 29.6 Å². The summed E-state index contributed by atoms with van der Waals surface area (Å²) in [6, 6.07) is 43.2. The Bertz CT molecular complexity index is 3140. The standard InChI is InChI=1S/C71H86N8O7S/c1-6-39-70(45-59-78(68(84)57(37-43-86-59)75-64(80)47(2)72-4)62(70)67(83)77-61(52-26-15-9-16-27-52)53-28-17-10-18-29-53)40-21-30-51-33-34-56(55-32-20-19-31-54(51)55)74-66(82)63-71(41-35-49-22-11-7-12-23-49,42-36-50-24-13-8-14-25-50)46-60-79(63)69(85)58(38-44-87-60)76-65(81)48(3)73-5/h6-32,47-48,51,56-63,72-73H,1,33-46H2,2-5H3,(H,74,82)(H,75,80)(H,76,81)(H,77,83)/b30-21+/t47-,48-,51?,56+,57-,58-,59-,60-,62+,63+,70?/m0/s1. The Balaban J connectivity index is 0.955. The number of aryl methyl sites for hydroxylation is 2. The lowest BCUT2D eigenvalue weighted by molar-refractivity contribution is -0.150. The van der Waals surface area contributed by atoms with E-state index in [1.807, 2.05) is 120 Å². The number of carbonyl (C=O) groups is 6. The highest BCUT2D eigenvalue weighted by Crippen LogP contribution is 2.53. The second-order valence-corrected chi connectivity index (χ2v) is 25.8. The number of allylic oxidation sites excluding steroid dienone is 3. The average Bonchev–Trinajstić information content (AvgIpc) is 1.81. The summed E-state index contributed by atoms with van der Waals surface area (Å²) < 4.78 is 6.55. The third-order valence-electron chi connectivity index (χ3n) is 19.2. The quantitative estimate of drug-likeness (QED) is 0.0345. The Labute approximate surface area is 517 Å². The molecule has 4 aliphatic heterocycles. The molecule has 0 saturated carbocycles. The first-order valence-corrected chi connectivity index (χ1v) is 32.3. The number of nitrogens with zero attached hydrogens (tertiary/aromatic N) is 2. The minimum Gasteiger partial charge on any atom is -0.358 e. The van der Waals surface area contributed by atoms with Crippen LogP contribution in [0.15, 0.2) is 170 Å². The molecular weight excluding hydrogens is 1110 g/mol. The van der Waals surface area contributed by atoms with Crippen molar-refractivity contribution in [1.29, 1.82) is 0 Å². The number of thioether (sulfide) groups is 1. The van der Waals surface area contributed by atoms with E-state index in [1.54, 1.807) is 44.6 Å². The smallest absolute Gasteiger partial charge is 0.247 e. The molecule has 0 radical (unpaired) electrons. The molecule has 15 nitrogen and oxygen atoms in total. The highest BCUT2D eigenvalue weighted by atomic mass is 32.2. The largest absolute Gasteiger partial charge is 0.358 e. The molecule has 458 valence electrons. The zero-order valence-electron chi connectivity index (χ0n) is 50.7. The van der Waals surface area contributed by atoms with Crippen LogP contribution >= 0.6 is 11.8 Å². The minimum atomic E-state index is -1.01. The number of nitrogens with one attached hydrogen (secondary N) is 6. The van der Waals surface area contributed by atoms with Crippen molar-refractivity contribution in [2.45, 2.75) is 157 Å². The number of likely N-dealkylation sites (N-methyl/N-ethyl adjacent to an activating group) is 2. The Morgan fingerprint density at radius 1 is 0.609 bits per heavy atom. The fraction of sp³-hybridized carbons (Fsp3) is 0.437. The van der Waals surface area contributed by atoms with Crippen LogP contribution in [-0.4, -0.2) is 120 Å². The molecule has 10 rings (SSSR count). The monoisotopic (exact) mass is 1190 g/mol. The molecule has 6 N–H and O–H groups in total. The van der Waals surface area contributed by atoms with E-state index in [0.29, 0.717) is 63.5 Å². The summed E-state index contributed by atoms with van der Waals surface area (Å²) in [5.41, 5.74) is 4.73. The molecule has 2 unspecified atom stereocenters. The van der Waals surface area contributed by atoms with Gasteiger partial charge in [0.05, 0.1) is 36.1 Å². The van der Waals surface area contributed by atoms with Crippen LogP contribution in [0.5, 0.6) is 0 Å². The zero-order valence-corrected chi connectivity index (χ0v) is 51.5. The van der Waals surface area contributed by atoms with E-state index < -0.39 is 59.4 Å². The number of hydrogen-bond acceptors (Lipinski definition) is 10. The molecule has 4 saturated heterocycles. The molecule has 1 aliphatic carbocycles. The van der Waals surface area contributed by atoms with Gasteiger partial charge in [-0.2, -0.15) is 0 Å². The summed E-state index contributed by atoms with van der Waals surface area (Å²) in [7, 11) is 3.41. The molecule has 11 atom stereocenters. The van der Waals surface area contributed by atoms with Crippen LogP contribution in [0.4, 0.5) is 0 Å². The van der Waals surface area contributed by atoms with E-state index in [9.17, 15) is 9.59 Å². The number of amides is 6. The Kier molecular flexibility index (Phi) is 20.6. The summed E-state index contributed by atoms with van der Waals surface area (Å²) in [4.78, 5) is 92.1. The molecule has 0 aromatic heterocycles. The fourth-order valence-corrected chi connectivity index (χ4v) is 15.7. The molecule has 5 aromatic rings. The van der Waals surface area contributed by atoms with Gasteiger partial charge in [-0.3, -0.25) is 28.8 Å². The molecule has 6 amide bonds. The Morgan fingerprint density at radius 2 is 1.14 bits per heavy atom. The van der Waals surface area contributed by atoms with Gasteiger partial charge in [0.1, 0.15) is 30.4 Å². The van der Waals surface area contributed by atoms with E-state index in [4.69, 9.17) is 4.74 Å². The molecule has 87 heavy (non-hydrogen) atoms. The summed E-state index contributed by atoms with van der Waals surface area (Å²) in [5.74, 6) is -1.07. The third kappa shape index (κ3) is 14.0. The van der Waals surface area contributed by atoms with Gasteiger partial charge in [0.25, 0.3) is 0 Å². The van der Waals surface area contributed by atoms with Crippen LogP contribution in [0.25, 0.3) is 0 Å². The first-order valence-electron chi connectivity index (χ1n) is 31.2. The van der Waals surface area contributed by atoms with E-state index in [2.05, 4.69) is 87.0 Å². The topological polar surface area (TPSA) is 190 Å². The zero-order chi connectivity index (χ0) is 61.1. The van der Waals surface area contributed by atoms with Crippen LogP contribution in [-0.2, 0) is 46.3 Å². The molecule has 5 aliphatic rings. The lowest BCUT2D eigenvalue weighted by Gasteiger charge is -2.40. The van der Waals surface area contributed by atoms with Crippen molar-refractivity contribution >= 4 is 47.2 Å². The number of ether oxygens (including phenoxy) is 1. The van der Waals surface area contributed by atoms with Gasteiger partial charge in [0.2, 0.25) is 35.4 Å². The summed E-state index contributed by atoms with van der Waals surface area (Å²) >= 11 is 1.72. The minimum absolute atomic E-state index is 0.0542. The van der Waals surface area contributed by atoms with E-state index in [0.717, 1.165) is 35.1 Å². The summed E-state index contributed by atoms with van der Waals surface area (Å²) in [6.45, 7) is 7.93. The Morgan fingerprint density at radius 3 is 1.71 bits per heavy atom. The van der Waals surface area contributed by atoms with Crippen LogP contribution in [0.1, 0.15) is 129 Å². The number of benzene rings is 5. The maximum absolute atomic E-state index is 15.9. The lowest BCUT2D eigenvalue weighted by atomic mass is 9.71. The van der Waals surface area contributed by atoms with Crippen molar-refractivity contribution in [3.05, 3.63) is 204 Å². The maximum atomic E-state index is 15.9. The second kappa shape index (κ2) is 28.6. The van der Waals surface area contributed by atoms with E-state index in [1.165, 1.54) is 11.1 Å². The normalized spacial score (nSPS) is 25.7. The SMILES string of the molecule is C=CCC1(C/C=C/C2CC[C@@H](NC(=O)[C@H]3N4C(=O)[C@@H](NC(=O)[C@H](C)NC)CCS[C@H]4CC3(CCc3ccccc3)CCc3ccccc3)c3ccccc32)C[C@@H]2OCC[C@H](NC(=O)[C@H](C)NC)C(=O)N2[C@@H]1C(=O)NC(c1ccccc1)c1ccccc1. The van der Waals surface area contributed by atoms with Gasteiger partial charge >= 0.3 is 0 Å². The lowest BCUT2D eigenvalue weighted by Crippen LogP contribution is -2.59. The summed E-state index contributed by atoms with van der Waals surface area (Å²) in [6.07, 6.45) is 12.2. The number of rotatable bonds is 23. The van der Waals surface area contributed by atoms with Crippen molar-refractivity contribution in [1.82, 2.24) is 41.7 Å². The highest BCUT2D eigenvalue weighted by molar-refractivity contribution is 7.99. The first-order chi connectivity index (χ1) is 42.3. The van der Waals surface area contributed by atoms with Gasteiger partial charge in [0.15, 0.2) is 0 Å². The highest BCUT2D eigenvalue weighted by Gasteiger charge is 2.60. The molecule has 0 bridgehead atoms. The van der Waals surface area contributed by atoms with Gasteiger partial charge in [-0.1, -0.05) is 164 Å². The van der Waals surface area contributed by atoms with Crippen LogP contribution in [0.3, 0.4) is 0 Å². The maximum Gasteiger partial charge on any atom is 0.247 e. The predicted molar refractivity (Wildman–Crippen MR) is 342 cm³/mol. The molecule has 5 aromatic carbocycles. The van der Waals surface area contributed by atoms with Crippen molar-refractivity contribution in [2.75, 3.05) is 26.5 Å². The Hall–Kier alpha value is -7.37. The summed E-state index contributed by atoms with van der Waals surface area (Å²) in [5, 5.41) is 18.7. The number of carbonyl (C=O) groups excluding carboxylic acids is 6. The van der Waals surface area contributed by atoms with Gasteiger partial charge < -0.3 is 46.4 Å². The second-order valence-electron chi connectivity index (χ2n) is 24.5. The van der Waals surface area contributed by atoms with Crippen LogP contribution < -0.4 is 31.9 Å². The van der Waals surface area contributed by atoms with Crippen molar-refractivity contribution in [2.24, 2.45) is 10.8 Å². The average molecular weight is 1200 g/mol. The molecule has 16 heteroatoms. The molecule has 0 spiro atoms. The van der Waals surface area contributed by atoms with Gasteiger partial charge in [-0.15, -0.1) is 18.3 Å². The molecule has 4 fully saturated rings. The van der Waals surface area contributed by atoms with Crippen LogP contribution in [0.2, 0.25) is 0 Å². The first kappa shape index (κ1) is 62.7. The fourth-order valence-electron chi connectivity index (χ4n) is 14.2. The number of fused-ring (bicyclic) bond motifs is 3. The van der Waals surface area contributed by atoms with Gasteiger partial charge in [-0.25, -0.2) is 0 Å². The van der Waals surface area contributed by atoms with Crippen molar-refractivity contribution in [3.8, 4) is 0 Å². The predicted octanol–water partition coefficient (Wildman–Crippen LogP) is 8.98. The van der Waals surface area contributed by atoms with E-state index in [-0.39, 0.29) is 65.8 Å². The van der Waals surface area contributed by atoms with Crippen LogP contribution in [0, 0.1) is 10.8 Å². The number of hydrogen-bond donors (Lipinski definition) is 6. The van der Waals surface area contributed by atoms with E-state index >= 15 is 19.2 Å². The third-order valence-corrected chi connectivity index (χ3v) is 20.4. The molecular formula is C71H86N8O7S. The van der Waals surface area contributed by atoms with Crippen molar-refractivity contribution < 1.29 is 33.5 Å².